The van der Waals surface area contributed by atoms with Crippen LogP contribution in [0.3, 0.4) is 0 Å². The Hall–Kier alpha value is -1.86. The smallest absolute Gasteiger partial charge is 0.490 e. The van der Waals surface area contributed by atoms with E-state index in [4.69, 9.17) is 4.74 Å². The lowest BCUT2D eigenvalue weighted by atomic mass is 9.99. The Balaban J connectivity index is 1.50. The molecule has 1 heterocycles. The minimum atomic E-state index is -4.68. The van der Waals surface area contributed by atoms with Crippen molar-refractivity contribution in [3.8, 4) is 11.5 Å². The van der Waals surface area contributed by atoms with Crippen LogP contribution in [0.5, 0.6) is 11.5 Å². The third kappa shape index (κ3) is 6.57. The van der Waals surface area contributed by atoms with Gasteiger partial charge in [0.15, 0.2) is 0 Å². The predicted octanol–water partition coefficient (Wildman–Crippen LogP) is 6.65. The Labute approximate surface area is 174 Å². The maximum atomic E-state index is 12.2. The number of alkyl halides is 3. The highest BCUT2D eigenvalue weighted by atomic mass is 32.2. The summed E-state index contributed by atoms with van der Waals surface area (Å²) in [5, 5.41) is 0. The van der Waals surface area contributed by atoms with Crippen molar-refractivity contribution >= 4 is 11.9 Å². The zero-order valence-corrected chi connectivity index (χ0v) is 17.4. The molecule has 0 spiro atoms. The van der Waals surface area contributed by atoms with Crippen molar-refractivity contribution in [1.29, 1.82) is 0 Å². The Bertz CT molecular complexity index is 774. The molecule has 1 unspecified atom stereocenters. The molecule has 0 amide bonds. The lowest BCUT2D eigenvalue weighted by Gasteiger charge is -2.32. The largest absolute Gasteiger partial charge is 0.573 e. The molecule has 0 aromatic heterocycles. The lowest BCUT2D eigenvalue weighted by Crippen LogP contribution is -2.34. The topological polar surface area (TPSA) is 21.7 Å². The Morgan fingerprint density at radius 3 is 2.28 bits per heavy atom. The van der Waals surface area contributed by atoms with E-state index in [1.165, 1.54) is 34.7 Å². The van der Waals surface area contributed by atoms with E-state index in [0.717, 1.165) is 32.4 Å². The SMILES string of the molecule is CCC(C)c1ccccc1SN1CCC(Oc2ccc(OC(F)(F)F)cc2)CC1. The first kappa shape index (κ1) is 21.8. The lowest BCUT2D eigenvalue weighted by molar-refractivity contribution is -0.274. The van der Waals surface area contributed by atoms with E-state index in [0.29, 0.717) is 11.7 Å². The van der Waals surface area contributed by atoms with E-state index >= 15 is 0 Å². The minimum absolute atomic E-state index is 0.0612. The molecule has 0 saturated carbocycles. The van der Waals surface area contributed by atoms with Crippen LogP contribution in [-0.2, 0) is 0 Å². The van der Waals surface area contributed by atoms with E-state index in [-0.39, 0.29) is 11.9 Å². The second-order valence-electron chi connectivity index (χ2n) is 7.20. The normalized spacial score (nSPS) is 17.1. The van der Waals surface area contributed by atoms with Gasteiger partial charge in [-0.15, -0.1) is 13.2 Å². The van der Waals surface area contributed by atoms with Crippen LogP contribution >= 0.6 is 11.9 Å². The van der Waals surface area contributed by atoms with Crippen LogP contribution < -0.4 is 9.47 Å². The molecule has 2 aromatic rings. The molecule has 29 heavy (non-hydrogen) atoms. The number of rotatable bonds is 7. The number of nitrogens with zero attached hydrogens (tertiary/aromatic N) is 1. The highest BCUT2D eigenvalue weighted by Crippen LogP contribution is 2.34. The quantitative estimate of drug-likeness (QED) is 0.463. The van der Waals surface area contributed by atoms with Crippen molar-refractivity contribution in [2.45, 2.75) is 56.4 Å². The van der Waals surface area contributed by atoms with Crippen molar-refractivity contribution in [3.05, 3.63) is 54.1 Å². The molecule has 3 nitrogen and oxygen atoms in total. The monoisotopic (exact) mass is 425 g/mol. The van der Waals surface area contributed by atoms with Gasteiger partial charge in [0.2, 0.25) is 0 Å². The number of ether oxygens (including phenoxy) is 2. The molecule has 3 rings (SSSR count). The Morgan fingerprint density at radius 2 is 1.66 bits per heavy atom. The van der Waals surface area contributed by atoms with Gasteiger partial charge in [0, 0.05) is 18.0 Å². The molecule has 1 fully saturated rings. The van der Waals surface area contributed by atoms with Gasteiger partial charge in [-0.05, 0) is 73.0 Å². The van der Waals surface area contributed by atoms with E-state index in [2.05, 4.69) is 47.2 Å². The summed E-state index contributed by atoms with van der Waals surface area (Å²) >= 11 is 1.81. The Morgan fingerprint density at radius 1 is 1.03 bits per heavy atom. The standard InChI is InChI=1S/C22H26F3NO2S/c1-3-16(2)20-6-4-5-7-21(20)29-26-14-12-18(13-15-26)27-17-8-10-19(11-9-17)28-22(23,24)25/h4-11,16,18H,3,12-15H2,1-2H3. The number of benzene rings is 2. The van der Waals surface area contributed by atoms with Crippen LogP contribution in [0.2, 0.25) is 0 Å². The van der Waals surface area contributed by atoms with Crippen molar-refractivity contribution in [3.63, 3.8) is 0 Å². The van der Waals surface area contributed by atoms with Crippen molar-refractivity contribution in [2.75, 3.05) is 13.1 Å². The van der Waals surface area contributed by atoms with E-state index < -0.39 is 6.36 Å². The zero-order valence-electron chi connectivity index (χ0n) is 16.6. The molecule has 1 atom stereocenters. The molecule has 0 radical (unpaired) electrons. The molecule has 0 bridgehead atoms. The first-order valence-corrected chi connectivity index (χ1v) is 10.7. The van der Waals surface area contributed by atoms with Gasteiger partial charge in [-0.3, -0.25) is 0 Å². The van der Waals surface area contributed by atoms with Crippen LogP contribution in [0.15, 0.2) is 53.4 Å². The molecule has 1 saturated heterocycles. The summed E-state index contributed by atoms with van der Waals surface area (Å²) < 4.78 is 48.9. The van der Waals surface area contributed by atoms with Crippen LogP contribution in [0.4, 0.5) is 13.2 Å². The maximum absolute atomic E-state index is 12.2. The van der Waals surface area contributed by atoms with E-state index in [9.17, 15) is 13.2 Å². The third-order valence-corrected chi connectivity index (χ3v) is 6.24. The maximum Gasteiger partial charge on any atom is 0.573 e. The van der Waals surface area contributed by atoms with Gasteiger partial charge >= 0.3 is 6.36 Å². The second kappa shape index (κ2) is 9.76. The predicted molar refractivity (Wildman–Crippen MR) is 109 cm³/mol. The fourth-order valence-electron chi connectivity index (χ4n) is 3.28. The van der Waals surface area contributed by atoms with E-state index in [1.54, 1.807) is 11.9 Å². The summed E-state index contributed by atoms with van der Waals surface area (Å²) in [6, 6.07) is 14.2. The van der Waals surface area contributed by atoms with Gasteiger partial charge in [-0.2, -0.15) is 0 Å². The van der Waals surface area contributed by atoms with Gasteiger partial charge in [-0.25, -0.2) is 4.31 Å². The molecule has 0 N–H and O–H groups in total. The first-order chi connectivity index (χ1) is 13.8. The zero-order chi connectivity index (χ0) is 20.9. The fraction of sp³-hybridized carbons (Fsp3) is 0.455. The number of piperidine rings is 1. The summed E-state index contributed by atoms with van der Waals surface area (Å²) in [5.74, 6) is 0.854. The second-order valence-corrected chi connectivity index (χ2v) is 8.34. The molecule has 158 valence electrons. The van der Waals surface area contributed by atoms with Gasteiger partial charge in [0.05, 0.1) is 0 Å². The van der Waals surface area contributed by atoms with Crippen LogP contribution in [0.25, 0.3) is 0 Å². The molecule has 1 aliphatic rings. The minimum Gasteiger partial charge on any atom is -0.490 e. The fourth-order valence-corrected chi connectivity index (χ4v) is 4.47. The molecule has 1 aliphatic heterocycles. The third-order valence-electron chi connectivity index (χ3n) is 5.05. The van der Waals surface area contributed by atoms with Crippen molar-refractivity contribution in [2.24, 2.45) is 0 Å². The number of hydrogen-bond acceptors (Lipinski definition) is 4. The van der Waals surface area contributed by atoms with Gasteiger partial charge in [0.25, 0.3) is 0 Å². The highest BCUT2D eigenvalue weighted by Gasteiger charge is 2.31. The first-order valence-electron chi connectivity index (χ1n) is 9.88. The molecular formula is C22H26F3NO2S. The molecule has 2 aromatic carbocycles. The van der Waals surface area contributed by atoms with E-state index in [1.807, 2.05) is 0 Å². The van der Waals surface area contributed by atoms with Gasteiger partial charge in [0.1, 0.15) is 17.6 Å². The van der Waals surface area contributed by atoms with Crippen molar-refractivity contribution < 1.29 is 22.6 Å². The number of halogens is 3. The average molecular weight is 426 g/mol. The van der Waals surface area contributed by atoms with Crippen LogP contribution in [-0.4, -0.2) is 29.9 Å². The number of hydrogen-bond donors (Lipinski definition) is 0. The van der Waals surface area contributed by atoms with Gasteiger partial charge in [-0.1, -0.05) is 32.0 Å². The summed E-state index contributed by atoms with van der Waals surface area (Å²) in [4.78, 5) is 1.31. The molecule has 0 aliphatic carbocycles. The Kier molecular flexibility index (Phi) is 7.35. The highest BCUT2D eigenvalue weighted by molar-refractivity contribution is 7.97. The van der Waals surface area contributed by atoms with Crippen molar-refractivity contribution in [1.82, 2.24) is 4.31 Å². The summed E-state index contributed by atoms with van der Waals surface area (Å²) in [6.45, 7) is 6.26. The molecular weight excluding hydrogens is 399 g/mol. The summed E-state index contributed by atoms with van der Waals surface area (Å²) in [7, 11) is 0. The molecule has 7 heteroatoms. The van der Waals surface area contributed by atoms with Crippen LogP contribution in [0, 0.1) is 0 Å². The average Bonchev–Trinajstić information content (AvgIpc) is 2.70. The van der Waals surface area contributed by atoms with Crippen LogP contribution in [0.1, 0.15) is 44.6 Å². The summed E-state index contributed by atoms with van der Waals surface area (Å²) in [5.41, 5.74) is 1.39. The summed E-state index contributed by atoms with van der Waals surface area (Å²) in [6.07, 6.45) is -1.76. The van der Waals surface area contributed by atoms with Gasteiger partial charge < -0.3 is 9.47 Å².